The van der Waals surface area contributed by atoms with E-state index in [1.807, 2.05) is 32.0 Å². The van der Waals surface area contributed by atoms with E-state index >= 15 is 0 Å². The van der Waals surface area contributed by atoms with Gasteiger partial charge < -0.3 is 19.6 Å². The fourth-order valence-electron chi connectivity index (χ4n) is 3.64. The van der Waals surface area contributed by atoms with Gasteiger partial charge in [-0.05, 0) is 69.4 Å². The highest BCUT2D eigenvalue weighted by Gasteiger charge is 2.45. The van der Waals surface area contributed by atoms with Gasteiger partial charge in [-0.15, -0.1) is 0 Å². The van der Waals surface area contributed by atoms with Gasteiger partial charge in [-0.3, -0.25) is 14.6 Å². The fraction of sp³-hybridized carbons (Fsp3) is 0.375. The molecule has 0 saturated carbocycles. The standard InChI is InChI=1S/C24H29N3O4/c1-4-15-31-19-10-8-17(9-11-19)22(28)20-21(18-7-5-12-25-16-18)27(24(30)23(20)29)14-6-13-26(2)3/h5,7-12,16,21,28H,4,6,13-15H2,1-3H3/t21-/m0/s1. The predicted octanol–water partition coefficient (Wildman–Crippen LogP) is 3.24. The quantitative estimate of drug-likeness (QED) is 0.379. The number of aliphatic hydroxyl groups excluding tert-OH is 1. The molecule has 0 radical (unpaired) electrons. The van der Waals surface area contributed by atoms with Crippen LogP contribution in [0.3, 0.4) is 0 Å². The summed E-state index contributed by atoms with van der Waals surface area (Å²) in [6, 6.07) is 9.78. The Kier molecular flexibility index (Phi) is 7.41. The lowest BCUT2D eigenvalue weighted by Gasteiger charge is -2.25. The number of hydrogen-bond acceptors (Lipinski definition) is 6. The molecule has 1 saturated heterocycles. The minimum atomic E-state index is -0.678. The van der Waals surface area contributed by atoms with Crippen molar-refractivity contribution in [2.75, 3.05) is 33.8 Å². The Labute approximate surface area is 183 Å². The largest absolute Gasteiger partial charge is 0.507 e. The molecule has 31 heavy (non-hydrogen) atoms. The number of hydrogen-bond donors (Lipinski definition) is 1. The van der Waals surface area contributed by atoms with Crippen molar-refractivity contribution in [3.63, 3.8) is 0 Å². The zero-order valence-corrected chi connectivity index (χ0v) is 18.2. The molecule has 1 amide bonds. The third-order valence-corrected chi connectivity index (χ3v) is 5.15. The van der Waals surface area contributed by atoms with E-state index < -0.39 is 17.7 Å². The van der Waals surface area contributed by atoms with Crippen molar-refractivity contribution in [3.8, 4) is 5.75 Å². The van der Waals surface area contributed by atoms with Gasteiger partial charge in [0, 0.05) is 24.5 Å². The molecule has 1 aliphatic rings. The van der Waals surface area contributed by atoms with E-state index in [-0.39, 0.29) is 11.3 Å². The lowest BCUT2D eigenvalue weighted by molar-refractivity contribution is -0.139. The molecule has 2 aromatic rings. The van der Waals surface area contributed by atoms with E-state index in [1.165, 1.54) is 4.90 Å². The first-order chi connectivity index (χ1) is 14.9. The van der Waals surface area contributed by atoms with Gasteiger partial charge in [0.2, 0.25) is 0 Å². The molecule has 7 heteroatoms. The zero-order chi connectivity index (χ0) is 22.4. The number of pyridine rings is 1. The second-order valence-corrected chi connectivity index (χ2v) is 7.81. The second-order valence-electron chi connectivity index (χ2n) is 7.81. The molecule has 1 aromatic carbocycles. The van der Waals surface area contributed by atoms with Gasteiger partial charge >= 0.3 is 0 Å². The van der Waals surface area contributed by atoms with Crippen LogP contribution < -0.4 is 4.74 Å². The normalized spacial score (nSPS) is 18.1. The minimum absolute atomic E-state index is 0.0880. The average Bonchev–Trinajstić information content (AvgIpc) is 3.03. The van der Waals surface area contributed by atoms with E-state index in [0.29, 0.717) is 36.4 Å². The summed E-state index contributed by atoms with van der Waals surface area (Å²) in [6.45, 7) is 3.81. The van der Waals surface area contributed by atoms with Crippen LogP contribution in [-0.4, -0.2) is 65.4 Å². The zero-order valence-electron chi connectivity index (χ0n) is 18.2. The van der Waals surface area contributed by atoms with Crippen LogP contribution in [0.1, 0.15) is 36.9 Å². The van der Waals surface area contributed by atoms with Crippen LogP contribution >= 0.6 is 0 Å². The lowest BCUT2D eigenvalue weighted by atomic mass is 9.96. The van der Waals surface area contributed by atoms with E-state index in [9.17, 15) is 14.7 Å². The SMILES string of the molecule is CCCOc1ccc(C(O)=C2C(=O)C(=O)N(CCCN(C)C)[C@H]2c2cccnc2)cc1. The van der Waals surface area contributed by atoms with Gasteiger partial charge in [0.1, 0.15) is 11.5 Å². The summed E-state index contributed by atoms with van der Waals surface area (Å²) in [5, 5.41) is 11.0. The van der Waals surface area contributed by atoms with Crippen LogP contribution in [0, 0.1) is 0 Å². The molecule has 0 unspecified atom stereocenters. The molecule has 0 bridgehead atoms. The molecule has 0 spiro atoms. The highest BCUT2D eigenvalue weighted by atomic mass is 16.5. The minimum Gasteiger partial charge on any atom is -0.507 e. The molecular weight excluding hydrogens is 394 g/mol. The van der Waals surface area contributed by atoms with Crippen LogP contribution in [0.15, 0.2) is 54.4 Å². The average molecular weight is 424 g/mol. The van der Waals surface area contributed by atoms with Crippen molar-refractivity contribution in [1.29, 1.82) is 0 Å². The number of carbonyl (C=O) groups is 2. The van der Waals surface area contributed by atoms with Gasteiger partial charge in [0.05, 0.1) is 18.2 Å². The fourth-order valence-corrected chi connectivity index (χ4v) is 3.64. The summed E-state index contributed by atoms with van der Waals surface area (Å²) in [5.74, 6) is -0.782. The Morgan fingerprint density at radius 2 is 1.94 bits per heavy atom. The van der Waals surface area contributed by atoms with Crippen molar-refractivity contribution in [1.82, 2.24) is 14.8 Å². The van der Waals surface area contributed by atoms with Gasteiger partial charge in [-0.1, -0.05) is 13.0 Å². The number of ketones is 1. The number of benzene rings is 1. The lowest BCUT2D eigenvalue weighted by Crippen LogP contribution is -2.32. The van der Waals surface area contributed by atoms with Crippen LogP contribution in [0.5, 0.6) is 5.75 Å². The van der Waals surface area contributed by atoms with Crippen LogP contribution in [-0.2, 0) is 9.59 Å². The first kappa shape index (κ1) is 22.5. The van der Waals surface area contributed by atoms with Crippen molar-refractivity contribution < 1.29 is 19.4 Å². The first-order valence-corrected chi connectivity index (χ1v) is 10.5. The molecule has 0 aliphatic carbocycles. The third-order valence-electron chi connectivity index (χ3n) is 5.15. The molecule has 1 fully saturated rings. The highest BCUT2D eigenvalue weighted by molar-refractivity contribution is 6.46. The number of rotatable bonds is 9. The van der Waals surface area contributed by atoms with Gasteiger partial charge in [-0.2, -0.15) is 0 Å². The van der Waals surface area contributed by atoms with Gasteiger partial charge in [0.15, 0.2) is 0 Å². The smallest absolute Gasteiger partial charge is 0.295 e. The highest BCUT2D eigenvalue weighted by Crippen LogP contribution is 2.39. The summed E-state index contributed by atoms with van der Waals surface area (Å²) in [5.41, 5.74) is 1.24. The second kappa shape index (κ2) is 10.2. The van der Waals surface area contributed by atoms with Crippen molar-refractivity contribution in [3.05, 3.63) is 65.5 Å². The molecule has 1 aromatic heterocycles. The van der Waals surface area contributed by atoms with Crippen molar-refractivity contribution in [2.45, 2.75) is 25.8 Å². The molecule has 1 aliphatic heterocycles. The summed E-state index contributed by atoms with van der Waals surface area (Å²) in [6.07, 6.45) is 4.87. The summed E-state index contributed by atoms with van der Waals surface area (Å²) >= 11 is 0. The monoisotopic (exact) mass is 423 g/mol. The Morgan fingerprint density at radius 1 is 1.19 bits per heavy atom. The molecule has 1 atom stereocenters. The maximum absolute atomic E-state index is 13.0. The Hall–Kier alpha value is -3.19. The van der Waals surface area contributed by atoms with Crippen molar-refractivity contribution >= 4 is 17.4 Å². The number of aromatic nitrogens is 1. The number of likely N-dealkylation sites (tertiary alicyclic amines) is 1. The molecule has 3 rings (SSSR count). The number of carbonyl (C=O) groups excluding carboxylic acids is 2. The summed E-state index contributed by atoms with van der Waals surface area (Å²) < 4.78 is 5.59. The van der Waals surface area contributed by atoms with E-state index in [1.54, 1.807) is 42.7 Å². The van der Waals surface area contributed by atoms with Crippen LogP contribution in [0.4, 0.5) is 0 Å². The number of amides is 1. The summed E-state index contributed by atoms with van der Waals surface area (Å²) in [7, 11) is 3.92. The maximum Gasteiger partial charge on any atom is 0.295 e. The van der Waals surface area contributed by atoms with E-state index in [2.05, 4.69) is 4.98 Å². The van der Waals surface area contributed by atoms with E-state index in [4.69, 9.17) is 4.74 Å². The van der Waals surface area contributed by atoms with Gasteiger partial charge in [-0.25, -0.2) is 0 Å². The number of ether oxygens (including phenoxy) is 1. The van der Waals surface area contributed by atoms with Crippen LogP contribution in [0.2, 0.25) is 0 Å². The Balaban J connectivity index is 1.99. The molecule has 1 N–H and O–H groups in total. The molecule has 164 valence electrons. The Morgan fingerprint density at radius 3 is 2.55 bits per heavy atom. The van der Waals surface area contributed by atoms with Crippen LogP contribution in [0.25, 0.3) is 5.76 Å². The van der Waals surface area contributed by atoms with Gasteiger partial charge in [0.25, 0.3) is 11.7 Å². The molecule has 2 heterocycles. The number of aliphatic hydroxyl groups is 1. The van der Waals surface area contributed by atoms with Crippen molar-refractivity contribution in [2.24, 2.45) is 0 Å². The van der Waals surface area contributed by atoms with E-state index in [0.717, 1.165) is 13.0 Å². The number of nitrogens with zero attached hydrogens (tertiary/aromatic N) is 3. The summed E-state index contributed by atoms with van der Waals surface area (Å²) in [4.78, 5) is 33.5. The third kappa shape index (κ3) is 5.11. The number of Topliss-reactive ketones (excluding diaryl/α,β-unsaturated/α-hetero) is 1. The topological polar surface area (TPSA) is 83.0 Å². The molecular formula is C24H29N3O4. The Bertz CT molecular complexity index is 939. The first-order valence-electron chi connectivity index (χ1n) is 10.5. The predicted molar refractivity (Wildman–Crippen MR) is 119 cm³/mol. The molecule has 7 nitrogen and oxygen atoms in total. The maximum atomic E-state index is 13.0.